The standard InChI is InChI=1S/C19H20N2O4/c1-12-19(23)21(2)16-11-14(6-9-17(16)25-12)20-18(22)10-13-4-7-15(24-3)8-5-13/h4-9,11-12H,10H2,1-3H3,(H,20,22). The molecule has 6 nitrogen and oxygen atoms in total. The molecular weight excluding hydrogens is 320 g/mol. The molecule has 2 aromatic carbocycles. The van der Waals surface area contributed by atoms with Crippen LogP contribution in [-0.4, -0.2) is 32.1 Å². The molecule has 0 aromatic heterocycles. The minimum Gasteiger partial charge on any atom is -0.497 e. The zero-order valence-corrected chi connectivity index (χ0v) is 14.4. The van der Waals surface area contributed by atoms with E-state index in [0.29, 0.717) is 17.1 Å². The Hall–Kier alpha value is -3.02. The molecule has 2 aromatic rings. The Morgan fingerprint density at radius 3 is 2.64 bits per heavy atom. The lowest BCUT2D eigenvalue weighted by Gasteiger charge is -2.30. The third-order valence-electron chi connectivity index (χ3n) is 4.11. The smallest absolute Gasteiger partial charge is 0.267 e. The van der Waals surface area contributed by atoms with Gasteiger partial charge in [0.05, 0.1) is 19.2 Å². The number of nitrogens with one attached hydrogen (secondary N) is 1. The van der Waals surface area contributed by atoms with E-state index in [2.05, 4.69) is 5.32 Å². The van der Waals surface area contributed by atoms with E-state index in [1.54, 1.807) is 44.2 Å². The molecule has 1 aliphatic rings. The normalized spacial score (nSPS) is 16.0. The highest BCUT2D eigenvalue weighted by atomic mass is 16.5. The van der Waals surface area contributed by atoms with Crippen LogP contribution in [0.4, 0.5) is 11.4 Å². The average molecular weight is 340 g/mol. The van der Waals surface area contributed by atoms with E-state index in [1.165, 1.54) is 0 Å². The minimum absolute atomic E-state index is 0.116. The van der Waals surface area contributed by atoms with Gasteiger partial charge in [0.15, 0.2) is 6.10 Å². The van der Waals surface area contributed by atoms with Crippen LogP contribution in [0.15, 0.2) is 42.5 Å². The predicted octanol–water partition coefficient (Wildman–Crippen LogP) is 2.62. The van der Waals surface area contributed by atoms with Crippen molar-refractivity contribution >= 4 is 23.2 Å². The van der Waals surface area contributed by atoms with Gasteiger partial charge in [-0.15, -0.1) is 0 Å². The first kappa shape index (κ1) is 16.8. The summed E-state index contributed by atoms with van der Waals surface area (Å²) in [5.41, 5.74) is 2.15. The molecule has 1 heterocycles. The van der Waals surface area contributed by atoms with Gasteiger partial charge >= 0.3 is 0 Å². The second-order valence-corrected chi connectivity index (χ2v) is 5.91. The Bertz CT molecular complexity index is 802. The molecular formula is C19H20N2O4. The first-order valence-electron chi connectivity index (χ1n) is 7.99. The molecule has 0 bridgehead atoms. The fraction of sp³-hybridized carbons (Fsp3) is 0.263. The summed E-state index contributed by atoms with van der Waals surface area (Å²) in [7, 11) is 3.30. The maximum Gasteiger partial charge on any atom is 0.267 e. The van der Waals surface area contributed by atoms with Crippen LogP contribution in [0.1, 0.15) is 12.5 Å². The molecule has 1 atom stereocenters. The summed E-state index contributed by atoms with van der Waals surface area (Å²) in [6.07, 6.45) is -0.253. The van der Waals surface area contributed by atoms with Gasteiger partial charge in [0.1, 0.15) is 11.5 Å². The second kappa shape index (κ2) is 6.84. The van der Waals surface area contributed by atoms with E-state index in [-0.39, 0.29) is 18.2 Å². The lowest BCUT2D eigenvalue weighted by Crippen LogP contribution is -2.42. The summed E-state index contributed by atoms with van der Waals surface area (Å²) < 4.78 is 10.7. The van der Waals surface area contributed by atoms with Gasteiger partial charge in [-0.05, 0) is 42.8 Å². The second-order valence-electron chi connectivity index (χ2n) is 5.91. The summed E-state index contributed by atoms with van der Waals surface area (Å²) in [6, 6.07) is 12.6. The number of hydrogen-bond donors (Lipinski definition) is 1. The van der Waals surface area contributed by atoms with Crippen molar-refractivity contribution in [1.82, 2.24) is 0 Å². The molecule has 6 heteroatoms. The zero-order chi connectivity index (χ0) is 18.0. The number of amides is 2. The Balaban J connectivity index is 1.70. The Kier molecular flexibility index (Phi) is 4.61. The first-order chi connectivity index (χ1) is 12.0. The summed E-state index contributed by atoms with van der Waals surface area (Å²) in [5.74, 6) is 1.13. The predicted molar refractivity (Wildman–Crippen MR) is 95.3 cm³/mol. The van der Waals surface area contributed by atoms with E-state index in [0.717, 1.165) is 11.3 Å². The molecule has 0 radical (unpaired) electrons. The van der Waals surface area contributed by atoms with Crippen LogP contribution >= 0.6 is 0 Å². The van der Waals surface area contributed by atoms with Crippen LogP contribution in [0, 0.1) is 0 Å². The van der Waals surface area contributed by atoms with Crippen molar-refractivity contribution in [1.29, 1.82) is 0 Å². The Labute approximate surface area is 146 Å². The number of carbonyl (C=O) groups is 2. The molecule has 0 aliphatic carbocycles. The number of benzene rings is 2. The first-order valence-corrected chi connectivity index (χ1v) is 7.99. The molecule has 25 heavy (non-hydrogen) atoms. The van der Waals surface area contributed by atoms with Gasteiger partial charge in [-0.3, -0.25) is 9.59 Å². The van der Waals surface area contributed by atoms with Crippen LogP contribution in [0.3, 0.4) is 0 Å². The fourth-order valence-electron chi connectivity index (χ4n) is 2.72. The maximum absolute atomic E-state index is 12.2. The van der Waals surface area contributed by atoms with Crippen LogP contribution in [0.2, 0.25) is 0 Å². The van der Waals surface area contributed by atoms with E-state index < -0.39 is 6.10 Å². The van der Waals surface area contributed by atoms with Gasteiger partial charge < -0.3 is 19.7 Å². The Morgan fingerprint density at radius 2 is 1.96 bits per heavy atom. The Morgan fingerprint density at radius 1 is 1.24 bits per heavy atom. The molecule has 0 fully saturated rings. The zero-order valence-electron chi connectivity index (χ0n) is 14.4. The molecule has 0 saturated carbocycles. The lowest BCUT2D eigenvalue weighted by atomic mass is 10.1. The van der Waals surface area contributed by atoms with Crippen molar-refractivity contribution < 1.29 is 19.1 Å². The lowest BCUT2D eigenvalue weighted by molar-refractivity contribution is -0.125. The van der Waals surface area contributed by atoms with Crippen molar-refractivity contribution in [3.8, 4) is 11.5 Å². The molecule has 2 amide bonds. The molecule has 3 rings (SSSR count). The van der Waals surface area contributed by atoms with Crippen LogP contribution < -0.4 is 19.7 Å². The number of likely N-dealkylation sites (N-methyl/N-ethyl adjacent to an activating group) is 1. The summed E-state index contributed by atoms with van der Waals surface area (Å²) in [6.45, 7) is 1.71. The monoisotopic (exact) mass is 340 g/mol. The van der Waals surface area contributed by atoms with Gasteiger partial charge in [0, 0.05) is 12.7 Å². The number of anilines is 2. The summed E-state index contributed by atoms with van der Waals surface area (Å²) >= 11 is 0. The van der Waals surface area contributed by atoms with Crippen LogP contribution in [0.25, 0.3) is 0 Å². The van der Waals surface area contributed by atoms with Crippen LogP contribution in [0.5, 0.6) is 11.5 Å². The number of hydrogen-bond acceptors (Lipinski definition) is 4. The third kappa shape index (κ3) is 3.57. The number of nitrogens with zero attached hydrogens (tertiary/aromatic N) is 1. The largest absolute Gasteiger partial charge is 0.497 e. The minimum atomic E-state index is -0.506. The third-order valence-corrected chi connectivity index (χ3v) is 4.11. The van der Waals surface area contributed by atoms with Crippen molar-refractivity contribution in [2.75, 3.05) is 24.4 Å². The highest BCUT2D eigenvalue weighted by Gasteiger charge is 2.29. The van der Waals surface area contributed by atoms with Crippen LogP contribution in [-0.2, 0) is 16.0 Å². The van der Waals surface area contributed by atoms with E-state index in [4.69, 9.17) is 9.47 Å². The number of fused-ring (bicyclic) bond motifs is 1. The molecule has 1 unspecified atom stereocenters. The average Bonchev–Trinajstić information content (AvgIpc) is 2.61. The quantitative estimate of drug-likeness (QED) is 0.929. The number of methoxy groups -OCH3 is 1. The van der Waals surface area contributed by atoms with E-state index in [9.17, 15) is 9.59 Å². The fourth-order valence-corrected chi connectivity index (χ4v) is 2.72. The highest BCUT2D eigenvalue weighted by molar-refractivity contribution is 6.00. The number of carbonyl (C=O) groups excluding carboxylic acids is 2. The van der Waals surface area contributed by atoms with Crippen molar-refractivity contribution in [2.24, 2.45) is 0 Å². The highest BCUT2D eigenvalue weighted by Crippen LogP contribution is 2.35. The van der Waals surface area contributed by atoms with E-state index >= 15 is 0 Å². The molecule has 1 aliphatic heterocycles. The SMILES string of the molecule is COc1ccc(CC(=O)Nc2ccc3c(c2)N(C)C(=O)C(C)O3)cc1. The van der Waals surface area contributed by atoms with Gasteiger partial charge in [0.25, 0.3) is 5.91 Å². The molecule has 0 saturated heterocycles. The van der Waals surface area contributed by atoms with E-state index in [1.807, 2.05) is 24.3 Å². The van der Waals surface area contributed by atoms with Gasteiger partial charge in [-0.2, -0.15) is 0 Å². The number of ether oxygens (including phenoxy) is 2. The topological polar surface area (TPSA) is 67.9 Å². The van der Waals surface area contributed by atoms with Crippen molar-refractivity contribution in [3.63, 3.8) is 0 Å². The van der Waals surface area contributed by atoms with Gasteiger partial charge in [-0.1, -0.05) is 12.1 Å². The summed E-state index contributed by atoms with van der Waals surface area (Å²) in [5, 5.41) is 2.85. The van der Waals surface area contributed by atoms with Crippen molar-refractivity contribution in [2.45, 2.75) is 19.4 Å². The van der Waals surface area contributed by atoms with Crippen molar-refractivity contribution in [3.05, 3.63) is 48.0 Å². The molecule has 130 valence electrons. The molecule has 1 N–H and O–H groups in total. The number of rotatable bonds is 4. The summed E-state index contributed by atoms with van der Waals surface area (Å²) in [4.78, 5) is 25.8. The maximum atomic E-state index is 12.2. The van der Waals surface area contributed by atoms with Gasteiger partial charge in [0.2, 0.25) is 5.91 Å². The van der Waals surface area contributed by atoms with Gasteiger partial charge in [-0.25, -0.2) is 0 Å². The molecule has 0 spiro atoms.